The Morgan fingerprint density at radius 1 is 1.11 bits per heavy atom. The number of allylic oxidation sites excluding steroid dienone is 7. The predicted octanol–water partition coefficient (Wildman–Crippen LogP) is 8.08. The first-order valence-corrected chi connectivity index (χ1v) is 22.4. The van der Waals surface area contributed by atoms with E-state index in [0.717, 1.165) is 11.5 Å². The van der Waals surface area contributed by atoms with E-state index < -0.39 is 49.5 Å². The third-order valence-electron chi connectivity index (χ3n) is 6.44. The Bertz CT molecular complexity index is 662. The molecule has 1 heterocycles. The normalized spacial score (nSPS) is 34.2. The molecule has 0 aromatic carbocycles. The summed E-state index contributed by atoms with van der Waals surface area (Å²) in [5.41, 5.74) is 2.05. The summed E-state index contributed by atoms with van der Waals surface area (Å²) in [5, 5.41) is 0. The summed E-state index contributed by atoms with van der Waals surface area (Å²) in [6.45, 7) is 8.00. The second-order valence-corrected chi connectivity index (χ2v) is 33.0. The Balaban J connectivity index is 1.50. The van der Waals surface area contributed by atoms with Gasteiger partial charge in [-0.1, -0.05) is 6.92 Å². The van der Waals surface area contributed by atoms with E-state index >= 15 is 0 Å². The zero-order chi connectivity index (χ0) is 20.3. The molecule has 0 amide bonds. The molecular weight excluding hydrogens is 582 g/mol. The van der Waals surface area contributed by atoms with Gasteiger partial charge in [0.05, 0.1) is 0 Å². The molecule has 160 valence electrons. The molecule has 5 heteroatoms. The Labute approximate surface area is 180 Å². The molecule has 2 fully saturated rings. The molecule has 0 aromatic rings. The van der Waals surface area contributed by atoms with Gasteiger partial charge in [0.25, 0.3) is 0 Å². The van der Waals surface area contributed by atoms with Gasteiger partial charge in [-0.25, -0.2) is 4.39 Å². The van der Waals surface area contributed by atoms with Gasteiger partial charge in [0.1, 0.15) is 0 Å². The van der Waals surface area contributed by atoms with Crippen LogP contribution in [0.2, 0.25) is 0 Å². The summed E-state index contributed by atoms with van der Waals surface area (Å²) < 4.78 is 35.3. The standard InChI is InChI=1S/C23H35F2I2N/c1-5-19(21-13-7-17(3)22(24)23(21)25)10-6-16(2)20-11-8-18(9-12-20)14-26-15-27(26)28-4/h5-6,10,17-18,20-21,28H,2,7-9,11-15H2,1,3-4H3/b10-6-,19-5+. The molecule has 1 nitrogen and oxygen atoms in total. The van der Waals surface area contributed by atoms with E-state index in [2.05, 4.69) is 23.2 Å². The zero-order valence-electron chi connectivity index (χ0n) is 17.4. The van der Waals surface area contributed by atoms with Crippen molar-refractivity contribution in [1.29, 1.82) is 0 Å². The van der Waals surface area contributed by atoms with Crippen LogP contribution in [0.15, 0.2) is 47.6 Å². The van der Waals surface area contributed by atoms with E-state index in [1.54, 1.807) is 13.8 Å². The van der Waals surface area contributed by atoms with Crippen molar-refractivity contribution < 1.29 is 8.78 Å². The van der Waals surface area contributed by atoms with Gasteiger partial charge >= 0.3 is 165 Å². The van der Waals surface area contributed by atoms with Crippen molar-refractivity contribution in [2.75, 3.05) is 13.9 Å². The van der Waals surface area contributed by atoms with E-state index in [1.807, 2.05) is 19.1 Å². The number of rotatable bonds is 7. The first-order valence-electron chi connectivity index (χ1n) is 10.5. The van der Waals surface area contributed by atoms with Crippen molar-refractivity contribution in [1.82, 2.24) is 3.53 Å². The molecular formula is C23H35F2I2N. The van der Waals surface area contributed by atoms with Crippen LogP contribution in [0.4, 0.5) is 8.78 Å². The van der Waals surface area contributed by atoms with Crippen LogP contribution in [0.25, 0.3) is 0 Å². The summed E-state index contributed by atoms with van der Waals surface area (Å²) >= 11 is -0.987. The van der Waals surface area contributed by atoms with E-state index in [0.29, 0.717) is 18.8 Å². The second kappa shape index (κ2) is 10.5. The van der Waals surface area contributed by atoms with Gasteiger partial charge in [0, 0.05) is 5.92 Å². The third-order valence-corrected chi connectivity index (χ3v) is 32.2. The van der Waals surface area contributed by atoms with Crippen LogP contribution >= 0.6 is 32.0 Å². The first kappa shape index (κ1) is 22.9. The molecule has 1 aliphatic heterocycles. The average molecular weight is 617 g/mol. The SMILES string of the molecule is C=C(/C=C\C(=C/C)C1CCC(C)C(F)=C1F)C1CCC(CI2CI2NC)CC1. The second-order valence-electron chi connectivity index (χ2n) is 8.28. The van der Waals surface area contributed by atoms with Crippen LogP contribution in [-0.4, -0.2) is 13.9 Å². The van der Waals surface area contributed by atoms with Crippen LogP contribution in [0, 0.1) is 23.7 Å². The fourth-order valence-corrected chi connectivity index (χ4v) is 36.8. The summed E-state index contributed by atoms with van der Waals surface area (Å²) in [4.78, 5) is 0. The van der Waals surface area contributed by atoms with E-state index in [-0.39, 0.29) is 5.92 Å². The summed E-state index contributed by atoms with van der Waals surface area (Å²) in [5.74, 6) is -0.271. The Hall–Kier alpha value is 0.240. The van der Waals surface area contributed by atoms with Crippen molar-refractivity contribution >= 4 is 32.0 Å². The van der Waals surface area contributed by atoms with Crippen LogP contribution in [-0.2, 0) is 0 Å². The van der Waals surface area contributed by atoms with Gasteiger partial charge in [-0.2, -0.15) is 0 Å². The van der Waals surface area contributed by atoms with Crippen molar-refractivity contribution in [3.8, 4) is 0 Å². The maximum atomic E-state index is 14.4. The van der Waals surface area contributed by atoms with E-state index in [4.69, 9.17) is 0 Å². The van der Waals surface area contributed by atoms with E-state index in [9.17, 15) is 8.78 Å². The molecule has 1 saturated heterocycles. The van der Waals surface area contributed by atoms with Crippen molar-refractivity contribution in [2.24, 2.45) is 23.7 Å². The van der Waals surface area contributed by atoms with Gasteiger partial charge in [-0.15, -0.1) is 0 Å². The molecule has 3 rings (SSSR count). The molecule has 28 heavy (non-hydrogen) atoms. The zero-order valence-corrected chi connectivity index (χ0v) is 21.7. The van der Waals surface area contributed by atoms with Crippen LogP contribution in [0.1, 0.15) is 52.4 Å². The minimum atomic E-state index is -0.559. The van der Waals surface area contributed by atoms with Gasteiger partial charge in [0.15, 0.2) is 0 Å². The number of halogens is 4. The molecule has 0 radical (unpaired) electrons. The van der Waals surface area contributed by atoms with Gasteiger partial charge in [-0.3, -0.25) is 0 Å². The fourth-order valence-electron chi connectivity index (χ4n) is 4.41. The molecule has 0 aromatic heterocycles. The molecule has 1 saturated carbocycles. The summed E-state index contributed by atoms with van der Waals surface area (Å²) in [6.07, 6.45) is 12.6. The van der Waals surface area contributed by atoms with Crippen molar-refractivity contribution in [3.63, 3.8) is 0 Å². The van der Waals surface area contributed by atoms with Crippen LogP contribution < -0.4 is 3.53 Å². The number of alkyl halides is 3. The molecule has 1 N–H and O–H groups in total. The topological polar surface area (TPSA) is 12.0 Å². The monoisotopic (exact) mass is 617 g/mol. The fraction of sp³-hybridized carbons (Fsp3) is 0.652. The minimum absolute atomic E-state index is 0.283. The van der Waals surface area contributed by atoms with Gasteiger partial charge in [0.2, 0.25) is 0 Å². The summed E-state index contributed by atoms with van der Waals surface area (Å²) in [6, 6.07) is 0. The molecule has 2 aliphatic carbocycles. The quantitative estimate of drug-likeness (QED) is 0.132. The van der Waals surface area contributed by atoms with E-state index in [1.165, 1.54) is 31.3 Å². The Morgan fingerprint density at radius 3 is 2.43 bits per heavy atom. The first-order chi connectivity index (χ1) is 13.4. The number of nitrogens with one attached hydrogen (secondary N) is 1. The molecule has 3 aliphatic rings. The van der Waals surface area contributed by atoms with Gasteiger partial charge < -0.3 is 0 Å². The van der Waals surface area contributed by atoms with Crippen molar-refractivity contribution in [3.05, 3.63) is 47.6 Å². The van der Waals surface area contributed by atoms with Gasteiger partial charge in [-0.05, 0) is 0 Å². The third kappa shape index (κ3) is 5.68. The Kier molecular flexibility index (Phi) is 8.60. The molecule has 0 spiro atoms. The maximum absolute atomic E-state index is 14.4. The predicted molar refractivity (Wildman–Crippen MR) is 135 cm³/mol. The number of hydrogen-bond donors (Lipinski definition) is 1. The van der Waals surface area contributed by atoms with Crippen LogP contribution in [0.3, 0.4) is 0 Å². The van der Waals surface area contributed by atoms with Crippen molar-refractivity contribution in [2.45, 2.75) is 52.4 Å². The number of hydrogen-bond acceptors (Lipinski definition) is 1. The molecule has 0 bridgehead atoms. The van der Waals surface area contributed by atoms with Crippen LogP contribution in [0.5, 0.6) is 0 Å². The summed E-state index contributed by atoms with van der Waals surface area (Å²) in [7, 11) is 2.18. The molecule has 2 atom stereocenters. The average Bonchev–Trinajstić information content (AvgIpc) is 3.46. The Morgan fingerprint density at radius 2 is 1.82 bits per heavy atom. The molecule has 2 unspecified atom stereocenters.